The van der Waals surface area contributed by atoms with Crippen molar-refractivity contribution in [3.8, 4) is 6.07 Å². The van der Waals surface area contributed by atoms with Crippen LogP contribution in [0.3, 0.4) is 0 Å². The molecule has 2 heteroatoms. The standard InChI is InChI=1S/C10H10FN/c1-2-8(7-12)9-5-3-4-6-10(9)11/h3-6,8H,2H2,1H3/t8-/m0/s1. The van der Waals surface area contributed by atoms with Gasteiger partial charge < -0.3 is 0 Å². The summed E-state index contributed by atoms with van der Waals surface area (Å²) in [5, 5.41) is 8.69. The van der Waals surface area contributed by atoms with Crippen LogP contribution in [0.2, 0.25) is 0 Å². The average molecular weight is 163 g/mol. The molecule has 12 heavy (non-hydrogen) atoms. The summed E-state index contributed by atoms with van der Waals surface area (Å²) in [4.78, 5) is 0. The van der Waals surface area contributed by atoms with E-state index in [-0.39, 0.29) is 11.7 Å². The maximum atomic E-state index is 13.1. The van der Waals surface area contributed by atoms with E-state index < -0.39 is 0 Å². The molecule has 0 radical (unpaired) electrons. The van der Waals surface area contributed by atoms with Gasteiger partial charge in [-0.2, -0.15) is 5.26 Å². The van der Waals surface area contributed by atoms with Crippen molar-refractivity contribution in [2.24, 2.45) is 0 Å². The van der Waals surface area contributed by atoms with E-state index in [1.165, 1.54) is 6.07 Å². The minimum Gasteiger partial charge on any atom is -0.207 e. The molecule has 0 amide bonds. The van der Waals surface area contributed by atoms with Crippen molar-refractivity contribution in [3.63, 3.8) is 0 Å². The van der Waals surface area contributed by atoms with E-state index in [2.05, 4.69) is 6.07 Å². The van der Waals surface area contributed by atoms with E-state index in [0.29, 0.717) is 12.0 Å². The normalized spacial score (nSPS) is 12.1. The molecule has 0 unspecified atom stereocenters. The highest BCUT2D eigenvalue weighted by atomic mass is 19.1. The molecule has 0 saturated heterocycles. The Morgan fingerprint density at radius 2 is 2.17 bits per heavy atom. The summed E-state index contributed by atoms with van der Waals surface area (Å²) in [6, 6.07) is 8.49. The molecule has 0 heterocycles. The third kappa shape index (κ3) is 1.62. The molecule has 0 aliphatic heterocycles. The Morgan fingerprint density at radius 3 is 2.67 bits per heavy atom. The summed E-state index contributed by atoms with van der Waals surface area (Å²) in [6.07, 6.45) is 0.650. The van der Waals surface area contributed by atoms with Crippen LogP contribution >= 0.6 is 0 Å². The molecule has 62 valence electrons. The van der Waals surface area contributed by atoms with Gasteiger partial charge in [-0.05, 0) is 12.5 Å². The summed E-state index contributed by atoms with van der Waals surface area (Å²) in [6.45, 7) is 1.88. The molecule has 0 spiro atoms. The molecule has 1 nitrogen and oxygen atoms in total. The highest BCUT2D eigenvalue weighted by Gasteiger charge is 2.11. The predicted molar refractivity (Wildman–Crippen MR) is 45.0 cm³/mol. The number of benzene rings is 1. The van der Waals surface area contributed by atoms with Crippen molar-refractivity contribution in [2.45, 2.75) is 19.3 Å². The Morgan fingerprint density at radius 1 is 1.50 bits per heavy atom. The van der Waals surface area contributed by atoms with E-state index in [1.54, 1.807) is 18.2 Å². The molecule has 0 fully saturated rings. The molecule has 0 N–H and O–H groups in total. The topological polar surface area (TPSA) is 23.8 Å². The van der Waals surface area contributed by atoms with E-state index in [4.69, 9.17) is 5.26 Å². The van der Waals surface area contributed by atoms with Crippen LogP contribution in [0.4, 0.5) is 4.39 Å². The summed E-state index contributed by atoms with van der Waals surface area (Å²) < 4.78 is 13.1. The lowest BCUT2D eigenvalue weighted by molar-refractivity contribution is 0.598. The molecule has 0 saturated carbocycles. The van der Waals surface area contributed by atoms with Gasteiger partial charge in [-0.25, -0.2) is 4.39 Å². The van der Waals surface area contributed by atoms with Gasteiger partial charge in [-0.1, -0.05) is 25.1 Å². The second-order valence-corrected chi connectivity index (χ2v) is 2.61. The van der Waals surface area contributed by atoms with Gasteiger partial charge in [-0.15, -0.1) is 0 Å². The second kappa shape index (κ2) is 3.87. The van der Waals surface area contributed by atoms with E-state index in [0.717, 1.165) is 0 Å². The molecule has 0 bridgehead atoms. The van der Waals surface area contributed by atoms with Crippen LogP contribution in [0.5, 0.6) is 0 Å². The van der Waals surface area contributed by atoms with Crippen molar-refractivity contribution in [1.82, 2.24) is 0 Å². The number of halogens is 1. The fraction of sp³-hybridized carbons (Fsp3) is 0.300. The third-order valence-corrected chi connectivity index (χ3v) is 1.84. The Hall–Kier alpha value is -1.36. The van der Waals surface area contributed by atoms with Gasteiger partial charge in [0.1, 0.15) is 5.82 Å². The Bertz CT molecular complexity index is 301. The first kappa shape index (κ1) is 8.73. The third-order valence-electron chi connectivity index (χ3n) is 1.84. The molecule has 1 rings (SSSR count). The molecular weight excluding hydrogens is 153 g/mol. The first-order valence-electron chi connectivity index (χ1n) is 3.93. The lowest BCUT2D eigenvalue weighted by Gasteiger charge is -2.06. The van der Waals surface area contributed by atoms with Gasteiger partial charge in [0, 0.05) is 5.56 Å². The molecule has 1 aromatic carbocycles. The number of nitriles is 1. The Labute approximate surface area is 71.4 Å². The molecule has 1 aromatic rings. The van der Waals surface area contributed by atoms with E-state index >= 15 is 0 Å². The smallest absolute Gasteiger partial charge is 0.127 e. The minimum absolute atomic E-state index is 0.286. The minimum atomic E-state index is -0.314. The van der Waals surface area contributed by atoms with Crippen LogP contribution in [0.1, 0.15) is 24.8 Å². The van der Waals surface area contributed by atoms with Gasteiger partial charge in [-0.3, -0.25) is 0 Å². The maximum Gasteiger partial charge on any atom is 0.127 e. The van der Waals surface area contributed by atoms with Crippen LogP contribution in [-0.2, 0) is 0 Å². The maximum absolute atomic E-state index is 13.1. The number of nitrogens with zero attached hydrogens (tertiary/aromatic N) is 1. The van der Waals surface area contributed by atoms with Crippen LogP contribution in [-0.4, -0.2) is 0 Å². The first-order chi connectivity index (χ1) is 5.79. The van der Waals surface area contributed by atoms with Crippen molar-refractivity contribution in [3.05, 3.63) is 35.6 Å². The quantitative estimate of drug-likeness (QED) is 0.657. The average Bonchev–Trinajstić information content (AvgIpc) is 2.10. The summed E-state index contributed by atoms with van der Waals surface area (Å²) in [7, 11) is 0. The van der Waals surface area contributed by atoms with Gasteiger partial charge in [0.25, 0.3) is 0 Å². The number of hydrogen-bond donors (Lipinski definition) is 0. The second-order valence-electron chi connectivity index (χ2n) is 2.61. The molecule has 0 aliphatic carbocycles. The van der Waals surface area contributed by atoms with Crippen LogP contribution < -0.4 is 0 Å². The summed E-state index contributed by atoms with van der Waals surface area (Å²) in [5.41, 5.74) is 0.502. The van der Waals surface area contributed by atoms with Crippen molar-refractivity contribution in [2.75, 3.05) is 0 Å². The molecule has 0 aromatic heterocycles. The van der Waals surface area contributed by atoms with Gasteiger partial charge in [0.15, 0.2) is 0 Å². The molecular formula is C10H10FN. The lowest BCUT2D eigenvalue weighted by Crippen LogP contribution is -1.96. The fourth-order valence-corrected chi connectivity index (χ4v) is 1.14. The molecule has 1 atom stereocenters. The van der Waals surface area contributed by atoms with Crippen molar-refractivity contribution < 1.29 is 4.39 Å². The van der Waals surface area contributed by atoms with Crippen molar-refractivity contribution >= 4 is 0 Å². The SMILES string of the molecule is CC[C@@H](C#N)c1ccccc1F. The lowest BCUT2D eigenvalue weighted by atomic mass is 9.98. The van der Waals surface area contributed by atoms with E-state index in [1.807, 2.05) is 6.92 Å². The Balaban J connectivity index is 3.02. The van der Waals surface area contributed by atoms with Gasteiger partial charge in [0.05, 0.1) is 12.0 Å². The summed E-state index contributed by atoms with van der Waals surface area (Å²) in [5.74, 6) is -0.600. The Kier molecular flexibility index (Phi) is 2.82. The van der Waals surface area contributed by atoms with Gasteiger partial charge >= 0.3 is 0 Å². The highest BCUT2D eigenvalue weighted by Crippen LogP contribution is 2.20. The number of rotatable bonds is 2. The van der Waals surface area contributed by atoms with E-state index in [9.17, 15) is 4.39 Å². The van der Waals surface area contributed by atoms with Gasteiger partial charge in [0.2, 0.25) is 0 Å². The zero-order chi connectivity index (χ0) is 8.97. The zero-order valence-electron chi connectivity index (χ0n) is 6.92. The summed E-state index contributed by atoms with van der Waals surface area (Å²) >= 11 is 0. The fourth-order valence-electron chi connectivity index (χ4n) is 1.14. The van der Waals surface area contributed by atoms with Crippen molar-refractivity contribution in [1.29, 1.82) is 5.26 Å². The largest absolute Gasteiger partial charge is 0.207 e. The van der Waals surface area contributed by atoms with Crippen LogP contribution in [0.15, 0.2) is 24.3 Å². The number of hydrogen-bond acceptors (Lipinski definition) is 1. The van der Waals surface area contributed by atoms with Crippen LogP contribution in [0, 0.1) is 17.1 Å². The zero-order valence-corrected chi connectivity index (χ0v) is 6.92. The highest BCUT2D eigenvalue weighted by molar-refractivity contribution is 5.26. The predicted octanol–water partition coefficient (Wildman–Crippen LogP) is 2.84. The van der Waals surface area contributed by atoms with Crippen LogP contribution in [0.25, 0.3) is 0 Å². The first-order valence-corrected chi connectivity index (χ1v) is 3.93. The molecule has 0 aliphatic rings. The monoisotopic (exact) mass is 163 g/mol.